The van der Waals surface area contributed by atoms with Gasteiger partial charge >= 0.3 is 0 Å². The number of morpholine rings is 1. The SMILES string of the molecule is NCCNCC(Cc1nc[nH]c(=O)c1O)c1ccc(C#Cc2ccc(CN3CCOCC3)cc2)cc1. The van der Waals surface area contributed by atoms with Gasteiger partial charge in [0, 0.05) is 62.7 Å². The van der Waals surface area contributed by atoms with Gasteiger partial charge in [-0.15, -0.1) is 0 Å². The summed E-state index contributed by atoms with van der Waals surface area (Å²) >= 11 is 0. The quantitative estimate of drug-likeness (QED) is 0.268. The summed E-state index contributed by atoms with van der Waals surface area (Å²) in [6.07, 6.45) is 1.74. The van der Waals surface area contributed by atoms with E-state index in [1.807, 2.05) is 24.3 Å². The maximum Gasteiger partial charge on any atom is 0.293 e. The standard InChI is InChI=1S/C28H33N5O3/c29-11-12-30-18-25(17-26-27(34)28(35)32-20-31-26)24-9-7-22(8-10-24)2-1-21-3-5-23(6-4-21)19-33-13-15-36-16-14-33/h3-10,20,25,30,34H,11-19,29H2,(H,31,32,35). The first kappa shape index (κ1) is 25.6. The highest BCUT2D eigenvalue weighted by atomic mass is 16.5. The highest BCUT2D eigenvalue weighted by Crippen LogP contribution is 2.23. The van der Waals surface area contributed by atoms with Crippen molar-refractivity contribution in [3.63, 3.8) is 0 Å². The van der Waals surface area contributed by atoms with Crippen LogP contribution in [0.2, 0.25) is 0 Å². The molecule has 1 aliphatic heterocycles. The van der Waals surface area contributed by atoms with Gasteiger partial charge in [-0.2, -0.15) is 0 Å². The van der Waals surface area contributed by atoms with Crippen LogP contribution in [0.25, 0.3) is 0 Å². The molecule has 8 nitrogen and oxygen atoms in total. The first-order valence-electron chi connectivity index (χ1n) is 12.3. The Balaban J connectivity index is 1.42. The summed E-state index contributed by atoms with van der Waals surface area (Å²) in [7, 11) is 0. The van der Waals surface area contributed by atoms with Crippen LogP contribution in [-0.2, 0) is 17.7 Å². The number of nitrogens with two attached hydrogens (primary N) is 1. The van der Waals surface area contributed by atoms with E-state index in [1.54, 1.807) is 0 Å². The van der Waals surface area contributed by atoms with E-state index in [1.165, 1.54) is 11.9 Å². The van der Waals surface area contributed by atoms with Crippen molar-refractivity contribution in [1.82, 2.24) is 20.2 Å². The molecule has 5 N–H and O–H groups in total. The van der Waals surface area contributed by atoms with E-state index in [-0.39, 0.29) is 11.7 Å². The van der Waals surface area contributed by atoms with E-state index < -0.39 is 5.56 Å². The Morgan fingerprint density at radius 1 is 1.08 bits per heavy atom. The number of hydrogen-bond donors (Lipinski definition) is 4. The third-order valence-corrected chi connectivity index (χ3v) is 6.25. The number of aromatic nitrogens is 2. The molecule has 0 aliphatic carbocycles. The summed E-state index contributed by atoms with van der Waals surface area (Å²) in [5.74, 6) is 6.16. The first-order chi connectivity index (χ1) is 17.6. The molecule has 0 spiro atoms. The van der Waals surface area contributed by atoms with E-state index in [0.29, 0.717) is 31.7 Å². The van der Waals surface area contributed by atoms with Gasteiger partial charge < -0.3 is 25.9 Å². The molecule has 1 unspecified atom stereocenters. The molecule has 1 aliphatic rings. The van der Waals surface area contributed by atoms with Gasteiger partial charge in [0.15, 0.2) is 0 Å². The second kappa shape index (κ2) is 13.0. The molecule has 1 aromatic heterocycles. The molecule has 8 heteroatoms. The molecule has 1 fully saturated rings. The maximum absolute atomic E-state index is 11.8. The molecular weight excluding hydrogens is 454 g/mol. The minimum atomic E-state index is -0.534. The smallest absolute Gasteiger partial charge is 0.293 e. The third kappa shape index (κ3) is 7.26. The minimum Gasteiger partial charge on any atom is -0.502 e. The molecular formula is C28H33N5O3. The van der Waals surface area contributed by atoms with Crippen LogP contribution in [0, 0.1) is 11.8 Å². The summed E-state index contributed by atoms with van der Waals surface area (Å²) < 4.78 is 5.42. The number of hydrogen-bond acceptors (Lipinski definition) is 7. The lowest BCUT2D eigenvalue weighted by Gasteiger charge is -2.26. The van der Waals surface area contributed by atoms with E-state index in [2.05, 4.69) is 56.3 Å². The molecule has 3 aromatic rings. The summed E-state index contributed by atoms with van der Waals surface area (Å²) in [4.78, 5) is 20.7. The van der Waals surface area contributed by atoms with Crippen molar-refractivity contribution in [2.45, 2.75) is 18.9 Å². The maximum atomic E-state index is 11.8. The Labute approximate surface area is 211 Å². The fourth-order valence-corrected chi connectivity index (χ4v) is 4.19. The molecule has 0 radical (unpaired) electrons. The van der Waals surface area contributed by atoms with Crippen molar-refractivity contribution in [2.75, 3.05) is 45.9 Å². The van der Waals surface area contributed by atoms with Crippen molar-refractivity contribution >= 4 is 0 Å². The number of benzene rings is 2. The third-order valence-electron chi connectivity index (χ3n) is 6.25. The number of ether oxygens (including phenoxy) is 1. The molecule has 36 heavy (non-hydrogen) atoms. The number of nitrogens with one attached hydrogen (secondary N) is 2. The highest BCUT2D eigenvalue weighted by Gasteiger charge is 2.17. The zero-order chi connectivity index (χ0) is 25.2. The van der Waals surface area contributed by atoms with Crippen LogP contribution in [0.3, 0.4) is 0 Å². The average molecular weight is 488 g/mol. The molecule has 4 rings (SSSR count). The van der Waals surface area contributed by atoms with Gasteiger partial charge in [0.05, 0.1) is 25.2 Å². The zero-order valence-electron chi connectivity index (χ0n) is 20.4. The molecule has 1 atom stereocenters. The average Bonchev–Trinajstić information content (AvgIpc) is 2.91. The Kier molecular flexibility index (Phi) is 9.25. The molecule has 188 valence electrons. The zero-order valence-corrected chi connectivity index (χ0v) is 20.4. The van der Waals surface area contributed by atoms with E-state index in [0.717, 1.165) is 49.5 Å². The van der Waals surface area contributed by atoms with Crippen LogP contribution < -0.4 is 16.6 Å². The van der Waals surface area contributed by atoms with Crippen LogP contribution >= 0.6 is 0 Å². The molecule has 2 heterocycles. The summed E-state index contributed by atoms with van der Waals surface area (Å²) in [5, 5.41) is 13.4. The Morgan fingerprint density at radius 2 is 1.75 bits per heavy atom. The number of H-pyrrole nitrogens is 1. The fraction of sp³-hybridized carbons (Fsp3) is 0.357. The number of aromatic hydroxyl groups is 1. The van der Waals surface area contributed by atoms with Gasteiger partial charge in [0.1, 0.15) is 0 Å². The van der Waals surface area contributed by atoms with E-state index >= 15 is 0 Å². The molecule has 1 saturated heterocycles. The lowest BCUT2D eigenvalue weighted by molar-refractivity contribution is 0.0342. The van der Waals surface area contributed by atoms with Crippen LogP contribution in [-0.4, -0.2) is 65.9 Å². The summed E-state index contributed by atoms with van der Waals surface area (Å²) in [6, 6.07) is 16.5. The molecule has 0 amide bonds. The molecule has 0 saturated carbocycles. The van der Waals surface area contributed by atoms with Crippen molar-refractivity contribution in [3.8, 4) is 17.6 Å². The second-order valence-electron chi connectivity index (χ2n) is 8.88. The van der Waals surface area contributed by atoms with Gasteiger partial charge in [-0.25, -0.2) is 4.98 Å². The number of aromatic amines is 1. The van der Waals surface area contributed by atoms with Crippen molar-refractivity contribution in [2.24, 2.45) is 5.73 Å². The van der Waals surface area contributed by atoms with Gasteiger partial charge in [-0.1, -0.05) is 36.1 Å². The fourth-order valence-electron chi connectivity index (χ4n) is 4.19. The minimum absolute atomic E-state index is 0.0118. The van der Waals surface area contributed by atoms with Crippen LogP contribution in [0.5, 0.6) is 5.75 Å². The van der Waals surface area contributed by atoms with Gasteiger partial charge in [-0.05, 0) is 35.4 Å². The Hall–Kier alpha value is -3.48. The largest absolute Gasteiger partial charge is 0.502 e. The first-order valence-corrected chi connectivity index (χ1v) is 12.3. The van der Waals surface area contributed by atoms with E-state index in [4.69, 9.17) is 10.5 Å². The Morgan fingerprint density at radius 3 is 2.42 bits per heavy atom. The van der Waals surface area contributed by atoms with Crippen LogP contribution in [0.1, 0.15) is 33.9 Å². The second-order valence-corrected chi connectivity index (χ2v) is 8.88. The monoisotopic (exact) mass is 487 g/mol. The van der Waals surface area contributed by atoms with Crippen LogP contribution in [0.4, 0.5) is 0 Å². The normalized spacial score (nSPS) is 14.7. The molecule has 0 bridgehead atoms. The molecule has 2 aromatic carbocycles. The van der Waals surface area contributed by atoms with Gasteiger partial charge in [0.25, 0.3) is 5.56 Å². The highest BCUT2D eigenvalue weighted by molar-refractivity contribution is 5.44. The van der Waals surface area contributed by atoms with Crippen molar-refractivity contribution < 1.29 is 9.84 Å². The van der Waals surface area contributed by atoms with Crippen LogP contribution in [0.15, 0.2) is 59.7 Å². The number of nitrogens with zero attached hydrogens (tertiary/aromatic N) is 2. The summed E-state index contributed by atoms with van der Waals surface area (Å²) in [5.41, 5.74) is 9.70. The predicted octanol–water partition coefficient (Wildman–Crippen LogP) is 1.58. The number of rotatable bonds is 9. The lowest BCUT2D eigenvalue weighted by Crippen LogP contribution is -2.35. The lowest BCUT2D eigenvalue weighted by atomic mass is 9.93. The topological polar surface area (TPSA) is 116 Å². The predicted molar refractivity (Wildman–Crippen MR) is 140 cm³/mol. The van der Waals surface area contributed by atoms with E-state index in [9.17, 15) is 9.90 Å². The summed E-state index contributed by atoms with van der Waals surface area (Å²) in [6.45, 7) is 6.35. The van der Waals surface area contributed by atoms with Gasteiger partial charge in [0.2, 0.25) is 5.75 Å². The van der Waals surface area contributed by atoms with Crippen molar-refractivity contribution in [3.05, 3.63) is 93.2 Å². The Bertz CT molecular complexity index is 1220. The van der Waals surface area contributed by atoms with Crippen molar-refractivity contribution in [1.29, 1.82) is 0 Å². The van der Waals surface area contributed by atoms with Gasteiger partial charge in [-0.3, -0.25) is 9.69 Å².